The van der Waals surface area contributed by atoms with Gasteiger partial charge < -0.3 is 10.6 Å². The van der Waals surface area contributed by atoms with E-state index in [1.807, 2.05) is 37.4 Å². The molecule has 0 aliphatic carbocycles. The molecule has 0 atom stereocenters. The minimum absolute atomic E-state index is 0.258. The number of hydrogen-bond donors (Lipinski definition) is 2. The van der Waals surface area contributed by atoms with Crippen LogP contribution >= 0.6 is 34.3 Å². The maximum Gasteiger partial charge on any atom is 0.319 e. The van der Waals surface area contributed by atoms with Crippen LogP contribution < -0.4 is 10.6 Å². The molecule has 0 unspecified atom stereocenters. The number of amides is 2. The average molecular weight is 378 g/mol. The molecule has 0 fully saturated rings. The van der Waals surface area contributed by atoms with E-state index >= 15 is 0 Å². The van der Waals surface area contributed by atoms with Crippen LogP contribution in [0.15, 0.2) is 35.7 Å². The highest BCUT2D eigenvalue weighted by Gasteiger charge is 2.12. The molecule has 2 N–H and O–H groups in total. The third-order valence-corrected chi connectivity index (χ3v) is 6.16. The lowest BCUT2D eigenvalue weighted by Crippen LogP contribution is -2.28. The molecule has 0 aliphatic rings. The molecular weight excluding hydrogens is 362 g/mol. The van der Waals surface area contributed by atoms with Crippen molar-refractivity contribution >= 4 is 46.0 Å². The first kappa shape index (κ1) is 17.0. The van der Waals surface area contributed by atoms with Gasteiger partial charge in [-0.1, -0.05) is 23.7 Å². The van der Waals surface area contributed by atoms with Crippen molar-refractivity contribution in [2.24, 2.45) is 0 Å². The average Bonchev–Trinajstić information content (AvgIpc) is 3.19. The van der Waals surface area contributed by atoms with Gasteiger partial charge in [0.25, 0.3) is 0 Å². The van der Waals surface area contributed by atoms with Crippen molar-refractivity contribution < 1.29 is 4.79 Å². The monoisotopic (exact) mass is 377 g/mol. The molecule has 3 aromatic rings. The maximum absolute atomic E-state index is 12.1. The topological polar surface area (TPSA) is 54.0 Å². The van der Waals surface area contributed by atoms with Crippen LogP contribution in [0.5, 0.6) is 0 Å². The summed E-state index contributed by atoms with van der Waals surface area (Å²) in [6.07, 6.45) is 0. The number of benzene rings is 1. The Morgan fingerprint density at radius 2 is 2.08 bits per heavy atom. The summed E-state index contributed by atoms with van der Waals surface area (Å²) in [4.78, 5) is 18.9. The Balaban J connectivity index is 1.63. The summed E-state index contributed by atoms with van der Waals surface area (Å²) in [6, 6.07) is 9.24. The van der Waals surface area contributed by atoms with E-state index in [4.69, 9.17) is 11.6 Å². The number of thiazole rings is 1. The molecule has 4 nitrogen and oxygen atoms in total. The number of thiophene rings is 1. The number of carbonyl (C=O) groups is 1. The summed E-state index contributed by atoms with van der Waals surface area (Å²) < 4.78 is 0. The lowest BCUT2D eigenvalue weighted by molar-refractivity contribution is 0.252. The Kier molecular flexibility index (Phi) is 5.18. The van der Waals surface area contributed by atoms with E-state index in [1.165, 1.54) is 0 Å². The fourth-order valence-corrected chi connectivity index (χ4v) is 4.14. The summed E-state index contributed by atoms with van der Waals surface area (Å²) in [5.74, 6) is 0. The van der Waals surface area contributed by atoms with Gasteiger partial charge >= 0.3 is 6.03 Å². The van der Waals surface area contributed by atoms with Crippen LogP contribution in [0, 0.1) is 13.8 Å². The lowest BCUT2D eigenvalue weighted by Gasteiger charge is -2.10. The molecule has 0 spiro atoms. The number of aryl methyl sites for hydroxylation is 1. The second-order valence-electron chi connectivity index (χ2n) is 5.22. The van der Waals surface area contributed by atoms with Crippen LogP contribution in [0.25, 0.3) is 9.88 Å². The number of aromatic nitrogens is 1. The molecule has 3 rings (SSSR count). The molecule has 0 radical (unpaired) electrons. The number of nitrogens with zero attached hydrogens (tertiary/aromatic N) is 1. The Morgan fingerprint density at radius 3 is 2.83 bits per heavy atom. The van der Waals surface area contributed by atoms with Crippen LogP contribution in [0.1, 0.15) is 16.1 Å². The van der Waals surface area contributed by atoms with Crippen molar-refractivity contribution in [3.63, 3.8) is 0 Å². The SMILES string of the molecule is Cc1nc(-c2cccs2)sc1CNC(=O)Nc1cccc(Cl)c1C. The molecule has 0 saturated heterocycles. The van der Waals surface area contributed by atoms with E-state index in [-0.39, 0.29) is 6.03 Å². The minimum Gasteiger partial charge on any atom is -0.333 e. The maximum atomic E-state index is 12.1. The molecule has 24 heavy (non-hydrogen) atoms. The Bertz CT molecular complexity index is 859. The molecule has 2 amide bonds. The largest absolute Gasteiger partial charge is 0.333 e. The summed E-state index contributed by atoms with van der Waals surface area (Å²) in [5, 5.41) is 9.36. The number of anilines is 1. The predicted octanol–water partition coefficient (Wildman–Crippen LogP) is 5.46. The van der Waals surface area contributed by atoms with Gasteiger partial charge in [0.05, 0.1) is 17.1 Å². The van der Waals surface area contributed by atoms with E-state index in [2.05, 4.69) is 21.7 Å². The molecule has 7 heteroatoms. The summed E-state index contributed by atoms with van der Waals surface area (Å²) >= 11 is 9.33. The molecular formula is C17H16ClN3OS2. The van der Waals surface area contributed by atoms with Gasteiger partial charge in [0.15, 0.2) is 0 Å². The van der Waals surface area contributed by atoms with E-state index in [0.717, 1.165) is 26.0 Å². The van der Waals surface area contributed by atoms with Crippen LogP contribution in [0.2, 0.25) is 5.02 Å². The van der Waals surface area contributed by atoms with Crippen molar-refractivity contribution in [1.82, 2.24) is 10.3 Å². The predicted molar refractivity (Wildman–Crippen MR) is 102 cm³/mol. The Morgan fingerprint density at radius 1 is 1.25 bits per heavy atom. The fraction of sp³-hybridized carbons (Fsp3) is 0.176. The van der Waals surface area contributed by atoms with Gasteiger partial charge in [-0.3, -0.25) is 0 Å². The van der Waals surface area contributed by atoms with Crippen LogP contribution in [-0.2, 0) is 6.54 Å². The van der Waals surface area contributed by atoms with Crippen molar-refractivity contribution in [2.75, 3.05) is 5.32 Å². The van der Waals surface area contributed by atoms with E-state index in [0.29, 0.717) is 17.3 Å². The standard InChI is InChI=1S/C17H16ClN3OS2/c1-10-12(18)5-3-6-13(10)21-17(22)19-9-15-11(2)20-16(24-15)14-7-4-8-23-14/h3-8H,9H2,1-2H3,(H2,19,21,22). The second kappa shape index (κ2) is 7.34. The number of rotatable bonds is 4. The van der Waals surface area contributed by atoms with E-state index in [9.17, 15) is 4.79 Å². The molecule has 0 bridgehead atoms. The molecule has 1 aromatic carbocycles. The zero-order valence-electron chi connectivity index (χ0n) is 13.2. The number of nitrogens with one attached hydrogen (secondary N) is 2. The molecule has 124 valence electrons. The summed E-state index contributed by atoms with van der Waals surface area (Å²) in [6.45, 7) is 4.28. The molecule has 2 heterocycles. The Labute approximate surface area is 153 Å². The van der Waals surface area contributed by atoms with Gasteiger partial charge in [-0.05, 0) is 43.0 Å². The first-order chi connectivity index (χ1) is 11.5. The van der Waals surface area contributed by atoms with Crippen molar-refractivity contribution in [3.05, 3.63) is 56.9 Å². The smallest absolute Gasteiger partial charge is 0.319 e. The second-order valence-corrected chi connectivity index (χ2v) is 7.66. The van der Waals surface area contributed by atoms with Gasteiger partial charge in [-0.15, -0.1) is 22.7 Å². The fourth-order valence-electron chi connectivity index (χ4n) is 2.17. The van der Waals surface area contributed by atoms with Gasteiger partial charge in [0, 0.05) is 15.6 Å². The minimum atomic E-state index is -0.258. The van der Waals surface area contributed by atoms with Gasteiger partial charge in [-0.2, -0.15) is 0 Å². The number of carbonyl (C=O) groups excluding carboxylic acids is 1. The van der Waals surface area contributed by atoms with Gasteiger partial charge in [0.1, 0.15) is 5.01 Å². The van der Waals surface area contributed by atoms with Crippen LogP contribution in [-0.4, -0.2) is 11.0 Å². The molecule has 2 aromatic heterocycles. The summed E-state index contributed by atoms with van der Waals surface area (Å²) in [5.41, 5.74) is 2.51. The van der Waals surface area contributed by atoms with Crippen molar-refractivity contribution in [3.8, 4) is 9.88 Å². The quantitative estimate of drug-likeness (QED) is 0.633. The van der Waals surface area contributed by atoms with Crippen LogP contribution in [0.3, 0.4) is 0 Å². The lowest BCUT2D eigenvalue weighted by atomic mass is 10.2. The number of hydrogen-bond acceptors (Lipinski definition) is 4. The highest BCUT2D eigenvalue weighted by Crippen LogP contribution is 2.31. The summed E-state index contributed by atoms with van der Waals surface area (Å²) in [7, 11) is 0. The third-order valence-electron chi connectivity index (χ3n) is 3.55. The normalized spacial score (nSPS) is 10.6. The van der Waals surface area contributed by atoms with Crippen molar-refractivity contribution in [1.29, 1.82) is 0 Å². The zero-order chi connectivity index (χ0) is 17.1. The highest BCUT2D eigenvalue weighted by atomic mass is 35.5. The van der Waals surface area contributed by atoms with E-state index < -0.39 is 0 Å². The molecule has 0 aliphatic heterocycles. The highest BCUT2D eigenvalue weighted by molar-refractivity contribution is 7.21. The number of halogens is 1. The first-order valence-electron chi connectivity index (χ1n) is 7.34. The van der Waals surface area contributed by atoms with E-state index in [1.54, 1.807) is 28.7 Å². The zero-order valence-corrected chi connectivity index (χ0v) is 15.6. The third kappa shape index (κ3) is 3.77. The Hall–Kier alpha value is -1.89. The first-order valence-corrected chi connectivity index (χ1v) is 9.42. The van der Waals surface area contributed by atoms with Crippen molar-refractivity contribution in [2.45, 2.75) is 20.4 Å². The molecule has 0 saturated carbocycles. The van der Waals surface area contributed by atoms with Gasteiger partial charge in [0.2, 0.25) is 0 Å². The van der Waals surface area contributed by atoms with Crippen LogP contribution in [0.4, 0.5) is 10.5 Å². The van der Waals surface area contributed by atoms with Gasteiger partial charge in [-0.25, -0.2) is 9.78 Å². The number of urea groups is 1.